The molecule has 0 saturated carbocycles. The quantitative estimate of drug-likeness (QED) is 0.508. The Hall–Kier alpha value is -2.31. The Bertz CT molecular complexity index is 607. The van der Waals surface area contributed by atoms with Crippen molar-refractivity contribution in [2.45, 2.75) is 6.43 Å². The Balaban J connectivity index is 2.62. The van der Waals surface area contributed by atoms with Gasteiger partial charge in [-0.05, 0) is 6.07 Å². The number of ketones is 1. The lowest BCUT2D eigenvalue weighted by molar-refractivity contribution is -0.384. The third-order valence-electron chi connectivity index (χ3n) is 2.34. The minimum absolute atomic E-state index is 0.129. The number of rotatable bonds is 3. The number of hydrogen-bond donors (Lipinski definition) is 1. The van der Waals surface area contributed by atoms with Gasteiger partial charge in [0.25, 0.3) is 5.69 Å². The second-order valence-electron chi connectivity index (χ2n) is 3.35. The van der Waals surface area contributed by atoms with Crippen LogP contribution in [0.4, 0.5) is 14.5 Å². The van der Waals surface area contributed by atoms with Crippen LogP contribution in [0.15, 0.2) is 24.4 Å². The van der Waals surface area contributed by atoms with Crippen LogP contribution < -0.4 is 0 Å². The van der Waals surface area contributed by atoms with E-state index in [1.807, 2.05) is 0 Å². The van der Waals surface area contributed by atoms with Crippen molar-refractivity contribution in [1.82, 2.24) is 4.98 Å². The van der Waals surface area contributed by atoms with E-state index in [2.05, 4.69) is 4.98 Å². The molecular formula is C10H6F2N2O3. The molecular weight excluding hydrogens is 234 g/mol. The Morgan fingerprint density at radius 2 is 2.12 bits per heavy atom. The zero-order valence-electron chi connectivity index (χ0n) is 8.31. The lowest BCUT2D eigenvalue weighted by Crippen LogP contribution is -2.09. The van der Waals surface area contributed by atoms with Gasteiger partial charge >= 0.3 is 6.43 Å². The fourth-order valence-electron chi connectivity index (χ4n) is 1.54. The van der Waals surface area contributed by atoms with Gasteiger partial charge in [-0.25, -0.2) is 8.78 Å². The van der Waals surface area contributed by atoms with Gasteiger partial charge in [0.15, 0.2) is 0 Å². The van der Waals surface area contributed by atoms with Gasteiger partial charge < -0.3 is 4.98 Å². The molecule has 0 aliphatic rings. The van der Waals surface area contributed by atoms with Crippen LogP contribution in [-0.2, 0) is 0 Å². The predicted octanol–water partition coefficient (Wildman–Crippen LogP) is 2.52. The van der Waals surface area contributed by atoms with Crippen LogP contribution in [0.5, 0.6) is 0 Å². The number of aromatic amines is 1. The number of aromatic nitrogens is 1. The number of halogens is 2. The average molecular weight is 240 g/mol. The standard InChI is InChI=1S/C10H6F2N2O3/c11-10(12)9(15)7-4-13-8-2-1-5(14(16)17)3-6(7)8/h1-4,10,13H. The number of carbonyl (C=O) groups is 1. The monoisotopic (exact) mass is 240 g/mol. The zero-order valence-corrected chi connectivity index (χ0v) is 8.31. The molecule has 1 aromatic heterocycles. The number of H-pyrrole nitrogens is 1. The summed E-state index contributed by atoms with van der Waals surface area (Å²) < 4.78 is 24.6. The SMILES string of the molecule is O=C(c1c[nH]c2ccc([N+](=O)[O-])cc12)C(F)F. The number of hydrogen-bond acceptors (Lipinski definition) is 3. The number of benzene rings is 1. The molecule has 0 spiro atoms. The molecule has 17 heavy (non-hydrogen) atoms. The van der Waals surface area contributed by atoms with Crippen LogP contribution in [0.25, 0.3) is 10.9 Å². The minimum atomic E-state index is -3.13. The van der Waals surface area contributed by atoms with E-state index < -0.39 is 17.1 Å². The molecule has 1 heterocycles. The van der Waals surface area contributed by atoms with Gasteiger partial charge in [0, 0.05) is 34.8 Å². The molecule has 0 aliphatic carbocycles. The number of fused-ring (bicyclic) bond motifs is 1. The van der Waals surface area contributed by atoms with Gasteiger partial charge in [0.1, 0.15) is 0 Å². The van der Waals surface area contributed by atoms with Crippen LogP contribution in [-0.4, -0.2) is 22.1 Å². The summed E-state index contributed by atoms with van der Waals surface area (Å²) >= 11 is 0. The van der Waals surface area contributed by atoms with Crippen molar-refractivity contribution in [2.75, 3.05) is 0 Å². The van der Waals surface area contributed by atoms with Crippen molar-refractivity contribution in [3.8, 4) is 0 Å². The summed E-state index contributed by atoms with van der Waals surface area (Å²) in [6.07, 6.45) is -2.00. The lowest BCUT2D eigenvalue weighted by Gasteiger charge is -1.97. The number of alkyl halides is 2. The molecule has 0 radical (unpaired) electrons. The molecule has 1 N–H and O–H groups in total. The minimum Gasteiger partial charge on any atom is -0.360 e. The summed E-state index contributed by atoms with van der Waals surface area (Å²) in [7, 11) is 0. The van der Waals surface area contributed by atoms with E-state index in [1.165, 1.54) is 12.1 Å². The maximum atomic E-state index is 12.3. The number of nitro benzene ring substituents is 1. The highest BCUT2D eigenvalue weighted by Crippen LogP contribution is 2.25. The van der Waals surface area contributed by atoms with Gasteiger partial charge in [-0.3, -0.25) is 14.9 Å². The Kier molecular flexibility index (Phi) is 2.58. The van der Waals surface area contributed by atoms with Crippen molar-refractivity contribution < 1.29 is 18.5 Å². The van der Waals surface area contributed by atoms with Crippen molar-refractivity contribution >= 4 is 22.4 Å². The summed E-state index contributed by atoms with van der Waals surface area (Å²) in [6, 6.07) is 3.70. The van der Waals surface area contributed by atoms with E-state index >= 15 is 0 Å². The number of nitrogens with one attached hydrogen (secondary N) is 1. The van der Waals surface area contributed by atoms with Gasteiger partial charge in [0.05, 0.1) is 4.92 Å². The molecule has 88 valence electrons. The summed E-state index contributed by atoms with van der Waals surface area (Å²) in [5.41, 5.74) is -0.0845. The maximum absolute atomic E-state index is 12.3. The Morgan fingerprint density at radius 3 is 2.71 bits per heavy atom. The van der Waals surface area contributed by atoms with E-state index in [0.29, 0.717) is 5.52 Å². The van der Waals surface area contributed by atoms with Crippen molar-refractivity contribution in [1.29, 1.82) is 0 Å². The third-order valence-corrected chi connectivity index (χ3v) is 2.34. The van der Waals surface area contributed by atoms with E-state index in [1.54, 1.807) is 0 Å². The topological polar surface area (TPSA) is 76.0 Å². The first-order valence-corrected chi connectivity index (χ1v) is 4.58. The van der Waals surface area contributed by atoms with Gasteiger partial charge in [-0.2, -0.15) is 0 Å². The number of nitrogens with zero attached hydrogens (tertiary/aromatic N) is 1. The number of nitro groups is 1. The largest absolute Gasteiger partial charge is 0.360 e. The Labute approximate surface area is 93.2 Å². The fourth-order valence-corrected chi connectivity index (χ4v) is 1.54. The molecule has 5 nitrogen and oxygen atoms in total. The van der Waals surface area contributed by atoms with Crippen LogP contribution >= 0.6 is 0 Å². The normalized spacial score (nSPS) is 11.0. The highest BCUT2D eigenvalue weighted by atomic mass is 19.3. The third kappa shape index (κ3) is 1.86. The van der Waals surface area contributed by atoms with Crippen LogP contribution in [0.1, 0.15) is 10.4 Å². The summed E-state index contributed by atoms with van der Waals surface area (Å²) in [5, 5.41) is 10.7. The van der Waals surface area contributed by atoms with Crippen molar-refractivity contribution in [2.24, 2.45) is 0 Å². The molecule has 0 bridgehead atoms. The van der Waals surface area contributed by atoms with Crippen molar-refractivity contribution in [3.63, 3.8) is 0 Å². The molecule has 0 atom stereocenters. The van der Waals surface area contributed by atoms with Gasteiger partial charge in [-0.15, -0.1) is 0 Å². The van der Waals surface area contributed by atoms with Crippen LogP contribution in [0.3, 0.4) is 0 Å². The summed E-state index contributed by atoms with van der Waals surface area (Å²) in [6.45, 7) is 0. The van der Waals surface area contributed by atoms with Crippen molar-refractivity contribution in [3.05, 3.63) is 40.1 Å². The molecule has 0 fully saturated rings. The lowest BCUT2D eigenvalue weighted by atomic mass is 10.1. The first-order chi connectivity index (χ1) is 8.00. The molecule has 0 unspecified atom stereocenters. The predicted molar refractivity (Wildman–Crippen MR) is 55.3 cm³/mol. The molecule has 0 amide bonds. The van der Waals surface area contributed by atoms with Crippen LogP contribution in [0.2, 0.25) is 0 Å². The van der Waals surface area contributed by atoms with Crippen LogP contribution in [0, 0.1) is 10.1 Å². The molecule has 0 saturated heterocycles. The van der Waals surface area contributed by atoms with Gasteiger partial charge in [-0.1, -0.05) is 0 Å². The number of Topliss-reactive ketones (excluding diaryl/α,β-unsaturated/α-hetero) is 1. The molecule has 2 aromatic rings. The zero-order chi connectivity index (χ0) is 12.6. The second kappa shape index (κ2) is 3.93. The number of carbonyl (C=O) groups excluding carboxylic acids is 1. The fraction of sp³-hybridized carbons (Fsp3) is 0.100. The van der Waals surface area contributed by atoms with E-state index in [9.17, 15) is 23.7 Å². The molecule has 1 aromatic carbocycles. The first-order valence-electron chi connectivity index (χ1n) is 4.58. The summed E-state index contributed by atoms with van der Waals surface area (Å²) in [4.78, 5) is 23.7. The van der Waals surface area contributed by atoms with E-state index in [4.69, 9.17) is 0 Å². The summed E-state index contributed by atoms with van der Waals surface area (Å²) in [5.74, 6) is -1.35. The molecule has 0 aliphatic heterocycles. The number of non-ortho nitro benzene ring substituents is 1. The molecule has 7 heteroatoms. The van der Waals surface area contributed by atoms with E-state index in [-0.39, 0.29) is 16.6 Å². The first kappa shape index (κ1) is 11.2. The highest BCUT2D eigenvalue weighted by Gasteiger charge is 2.22. The Morgan fingerprint density at radius 1 is 1.41 bits per heavy atom. The molecule has 2 rings (SSSR count). The highest BCUT2D eigenvalue weighted by molar-refractivity contribution is 6.09. The van der Waals surface area contributed by atoms with Gasteiger partial charge in [0.2, 0.25) is 5.78 Å². The maximum Gasteiger partial charge on any atom is 0.300 e. The smallest absolute Gasteiger partial charge is 0.300 e. The second-order valence-corrected chi connectivity index (χ2v) is 3.35. The average Bonchev–Trinajstić information content (AvgIpc) is 2.70. The van der Waals surface area contributed by atoms with E-state index in [0.717, 1.165) is 12.3 Å².